The number of carbonyl (C=O) groups is 2. The molecule has 25 heavy (non-hydrogen) atoms. The van der Waals surface area contributed by atoms with Gasteiger partial charge in [-0.05, 0) is 30.2 Å². The lowest BCUT2D eigenvalue weighted by molar-refractivity contribution is -0.151. The Bertz CT molecular complexity index is 703. The average molecular weight is 345 g/mol. The number of benzene rings is 2. The third-order valence-electron chi connectivity index (χ3n) is 3.62. The largest absolute Gasteiger partial charge is 0.480 e. The van der Waals surface area contributed by atoms with Crippen LogP contribution in [0.15, 0.2) is 54.6 Å². The summed E-state index contributed by atoms with van der Waals surface area (Å²) < 4.78 is 18.6. The number of ether oxygens (including phenoxy) is 1. The summed E-state index contributed by atoms with van der Waals surface area (Å²) in [6.45, 7) is 1.47. The second-order valence-corrected chi connectivity index (χ2v) is 5.65. The number of halogens is 1. The predicted molar refractivity (Wildman–Crippen MR) is 90.1 cm³/mol. The Hall–Kier alpha value is -2.73. The summed E-state index contributed by atoms with van der Waals surface area (Å²) >= 11 is 0. The monoisotopic (exact) mass is 345 g/mol. The molecule has 0 radical (unpaired) electrons. The maximum absolute atomic E-state index is 13.0. The molecule has 0 spiro atoms. The van der Waals surface area contributed by atoms with Crippen LogP contribution in [0.1, 0.15) is 18.1 Å². The molecule has 0 aliphatic carbocycles. The van der Waals surface area contributed by atoms with Gasteiger partial charge in [-0.15, -0.1) is 0 Å². The lowest BCUT2D eigenvalue weighted by Gasteiger charge is -2.24. The van der Waals surface area contributed by atoms with Crippen LogP contribution in [0.25, 0.3) is 0 Å². The van der Waals surface area contributed by atoms with E-state index in [0.717, 1.165) is 5.56 Å². The Morgan fingerprint density at radius 3 is 2.32 bits per heavy atom. The highest BCUT2D eigenvalue weighted by molar-refractivity contribution is 5.84. The smallest absolute Gasteiger partial charge is 0.323 e. The SMILES string of the molecule is CC(OCc1ccccc1)C(=O)N(CC(=O)O)Cc1ccc(F)cc1. The van der Waals surface area contributed by atoms with Crippen molar-refractivity contribution in [3.05, 3.63) is 71.5 Å². The van der Waals surface area contributed by atoms with Gasteiger partial charge in [0.05, 0.1) is 6.61 Å². The van der Waals surface area contributed by atoms with Crippen LogP contribution in [0.4, 0.5) is 4.39 Å². The molecule has 1 unspecified atom stereocenters. The van der Waals surface area contributed by atoms with Crippen LogP contribution in [-0.4, -0.2) is 34.5 Å². The van der Waals surface area contributed by atoms with E-state index in [1.54, 1.807) is 6.92 Å². The molecule has 2 rings (SSSR count). The molecule has 1 amide bonds. The first-order valence-electron chi connectivity index (χ1n) is 7.86. The van der Waals surface area contributed by atoms with Gasteiger partial charge >= 0.3 is 5.97 Å². The van der Waals surface area contributed by atoms with Crippen molar-refractivity contribution in [3.8, 4) is 0 Å². The fourth-order valence-electron chi connectivity index (χ4n) is 2.31. The number of hydrogen-bond acceptors (Lipinski definition) is 3. The number of rotatable bonds is 8. The summed E-state index contributed by atoms with van der Waals surface area (Å²) in [5, 5.41) is 9.05. The van der Waals surface area contributed by atoms with Crippen molar-refractivity contribution in [1.82, 2.24) is 4.90 Å². The molecular formula is C19H20FNO4. The molecule has 0 aromatic heterocycles. The van der Waals surface area contributed by atoms with Gasteiger partial charge in [0, 0.05) is 6.54 Å². The van der Waals surface area contributed by atoms with E-state index in [2.05, 4.69) is 0 Å². The maximum atomic E-state index is 13.0. The predicted octanol–water partition coefficient (Wildman–Crippen LogP) is 2.84. The molecule has 0 aliphatic rings. The van der Waals surface area contributed by atoms with Gasteiger partial charge in [0.2, 0.25) is 0 Å². The van der Waals surface area contributed by atoms with Crippen molar-refractivity contribution < 1.29 is 23.8 Å². The van der Waals surface area contributed by atoms with Crippen LogP contribution in [0.5, 0.6) is 0 Å². The number of carbonyl (C=O) groups excluding carboxylic acids is 1. The molecule has 132 valence electrons. The third-order valence-corrected chi connectivity index (χ3v) is 3.62. The molecule has 0 bridgehead atoms. The first-order valence-corrected chi connectivity index (χ1v) is 7.86. The molecular weight excluding hydrogens is 325 g/mol. The minimum absolute atomic E-state index is 0.0739. The lowest BCUT2D eigenvalue weighted by atomic mass is 10.2. The third kappa shape index (κ3) is 6.00. The van der Waals surface area contributed by atoms with Gasteiger partial charge in [-0.2, -0.15) is 0 Å². The van der Waals surface area contributed by atoms with Gasteiger partial charge in [0.15, 0.2) is 0 Å². The van der Waals surface area contributed by atoms with E-state index >= 15 is 0 Å². The second kappa shape index (κ2) is 8.94. The van der Waals surface area contributed by atoms with Crippen LogP contribution < -0.4 is 0 Å². The van der Waals surface area contributed by atoms with Crippen molar-refractivity contribution in [3.63, 3.8) is 0 Å². The Labute approximate surface area is 145 Å². The highest BCUT2D eigenvalue weighted by atomic mass is 19.1. The van der Waals surface area contributed by atoms with Crippen LogP contribution in [0, 0.1) is 5.82 Å². The van der Waals surface area contributed by atoms with Crippen LogP contribution in [0.3, 0.4) is 0 Å². The van der Waals surface area contributed by atoms with E-state index < -0.39 is 24.5 Å². The van der Waals surface area contributed by atoms with E-state index in [1.807, 2.05) is 30.3 Å². The summed E-state index contributed by atoms with van der Waals surface area (Å²) in [6.07, 6.45) is -0.792. The zero-order valence-electron chi connectivity index (χ0n) is 13.9. The summed E-state index contributed by atoms with van der Waals surface area (Å²) in [5.74, 6) is -1.94. The molecule has 0 fully saturated rings. The Morgan fingerprint density at radius 1 is 1.08 bits per heavy atom. The van der Waals surface area contributed by atoms with Gasteiger partial charge in [-0.1, -0.05) is 42.5 Å². The number of carboxylic acid groups (broad SMARTS) is 1. The van der Waals surface area contributed by atoms with Crippen LogP contribution in [-0.2, 0) is 27.5 Å². The number of aliphatic carboxylic acids is 1. The fraction of sp³-hybridized carbons (Fsp3) is 0.263. The maximum Gasteiger partial charge on any atom is 0.323 e. The van der Waals surface area contributed by atoms with Crippen LogP contribution >= 0.6 is 0 Å². The molecule has 6 heteroatoms. The van der Waals surface area contributed by atoms with E-state index in [1.165, 1.54) is 29.2 Å². The van der Waals surface area contributed by atoms with Gasteiger partial charge in [-0.3, -0.25) is 9.59 Å². The molecule has 0 aliphatic heterocycles. The molecule has 0 saturated carbocycles. The molecule has 0 heterocycles. The van der Waals surface area contributed by atoms with E-state index in [0.29, 0.717) is 5.56 Å². The molecule has 5 nitrogen and oxygen atoms in total. The standard InChI is InChI=1S/C19H20FNO4/c1-14(25-13-16-5-3-2-4-6-16)19(24)21(12-18(22)23)11-15-7-9-17(20)10-8-15/h2-10,14H,11-13H2,1H3,(H,22,23). The highest BCUT2D eigenvalue weighted by Crippen LogP contribution is 2.11. The van der Waals surface area contributed by atoms with E-state index in [9.17, 15) is 14.0 Å². The van der Waals surface area contributed by atoms with Gasteiger partial charge in [-0.25, -0.2) is 4.39 Å². The molecule has 2 aromatic rings. The second-order valence-electron chi connectivity index (χ2n) is 5.65. The van der Waals surface area contributed by atoms with Gasteiger partial charge in [0.1, 0.15) is 18.5 Å². The topological polar surface area (TPSA) is 66.8 Å². The summed E-state index contributed by atoms with van der Waals surface area (Å²) in [5.41, 5.74) is 1.57. The number of amides is 1. The van der Waals surface area contributed by atoms with Crippen molar-refractivity contribution in [2.45, 2.75) is 26.2 Å². The first kappa shape index (κ1) is 18.6. The Balaban J connectivity index is 2.00. The fourth-order valence-corrected chi connectivity index (χ4v) is 2.31. The summed E-state index contributed by atoms with van der Waals surface area (Å²) in [7, 11) is 0. The molecule has 2 aromatic carbocycles. The minimum Gasteiger partial charge on any atom is -0.480 e. The lowest BCUT2D eigenvalue weighted by Crippen LogP contribution is -2.41. The average Bonchev–Trinajstić information content (AvgIpc) is 2.61. The van der Waals surface area contributed by atoms with Crippen molar-refractivity contribution in [1.29, 1.82) is 0 Å². The first-order chi connectivity index (χ1) is 12.0. The summed E-state index contributed by atoms with van der Waals surface area (Å²) in [4.78, 5) is 24.8. The minimum atomic E-state index is -1.12. The van der Waals surface area contributed by atoms with Crippen LogP contribution in [0.2, 0.25) is 0 Å². The van der Waals surface area contributed by atoms with Crippen molar-refractivity contribution in [2.75, 3.05) is 6.54 Å². The normalized spacial score (nSPS) is 11.8. The van der Waals surface area contributed by atoms with Crippen molar-refractivity contribution in [2.24, 2.45) is 0 Å². The zero-order valence-corrected chi connectivity index (χ0v) is 13.9. The Kier molecular flexibility index (Phi) is 6.65. The van der Waals surface area contributed by atoms with Gasteiger partial charge < -0.3 is 14.7 Å². The van der Waals surface area contributed by atoms with E-state index in [-0.39, 0.29) is 19.0 Å². The Morgan fingerprint density at radius 2 is 1.72 bits per heavy atom. The molecule has 1 N–H and O–H groups in total. The van der Waals surface area contributed by atoms with Gasteiger partial charge in [0.25, 0.3) is 5.91 Å². The highest BCUT2D eigenvalue weighted by Gasteiger charge is 2.23. The summed E-state index contributed by atoms with van der Waals surface area (Å²) in [6, 6.07) is 15.0. The zero-order chi connectivity index (χ0) is 18.2. The molecule has 1 atom stereocenters. The number of carboxylic acids is 1. The number of nitrogens with zero attached hydrogens (tertiary/aromatic N) is 1. The van der Waals surface area contributed by atoms with E-state index in [4.69, 9.17) is 9.84 Å². The molecule has 0 saturated heterocycles. The quantitative estimate of drug-likeness (QED) is 0.799. The van der Waals surface area contributed by atoms with Crippen molar-refractivity contribution >= 4 is 11.9 Å². The number of hydrogen-bond donors (Lipinski definition) is 1.